The van der Waals surface area contributed by atoms with Gasteiger partial charge in [-0.25, -0.2) is 4.31 Å². The molecule has 14 heavy (non-hydrogen) atoms. The normalized spacial score (nSPS) is 22.4. The molecule has 5 heteroatoms. The van der Waals surface area contributed by atoms with Crippen molar-refractivity contribution >= 4 is 35.9 Å². The zero-order valence-electron chi connectivity index (χ0n) is 8.28. The first kappa shape index (κ1) is 10.8. The number of nitrogens with one attached hydrogen (secondary N) is 1. The second kappa shape index (κ2) is 4.45. The fourth-order valence-corrected chi connectivity index (χ4v) is 4.55. The summed E-state index contributed by atoms with van der Waals surface area (Å²) in [5.41, 5.74) is 1.42. The first-order chi connectivity index (χ1) is 6.70. The van der Waals surface area contributed by atoms with Crippen molar-refractivity contribution in [2.24, 2.45) is 0 Å². The first-order valence-corrected chi connectivity index (χ1v) is 6.69. The van der Waals surface area contributed by atoms with E-state index in [9.17, 15) is 0 Å². The minimum atomic E-state index is 0.471. The molecule has 2 rings (SSSR count). The molecule has 0 bridgehead atoms. The van der Waals surface area contributed by atoms with Crippen molar-refractivity contribution in [1.29, 1.82) is 0 Å². The highest BCUT2D eigenvalue weighted by atomic mass is 32.2. The quantitative estimate of drug-likeness (QED) is 0.616. The lowest BCUT2D eigenvalue weighted by Gasteiger charge is -2.29. The van der Waals surface area contributed by atoms with Crippen molar-refractivity contribution in [2.75, 3.05) is 20.1 Å². The Balaban J connectivity index is 2.28. The van der Waals surface area contributed by atoms with Crippen molar-refractivity contribution in [2.45, 2.75) is 21.4 Å². The van der Waals surface area contributed by atoms with E-state index in [4.69, 9.17) is 0 Å². The molecule has 1 aromatic rings. The summed E-state index contributed by atoms with van der Waals surface area (Å²) >= 11 is 8.00. The van der Waals surface area contributed by atoms with Crippen molar-refractivity contribution < 1.29 is 0 Å². The number of likely N-dealkylation sites (N-methyl/N-ethyl adjacent to an activating group) is 2. The summed E-state index contributed by atoms with van der Waals surface area (Å²) in [5.74, 6) is 0. The van der Waals surface area contributed by atoms with Gasteiger partial charge in [-0.3, -0.25) is 0 Å². The van der Waals surface area contributed by atoms with Gasteiger partial charge in [-0.15, -0.1) is 24.0 Å². The van der Waals surface area contributed by atoms with E-state index >= 15 is 0 Å². The topological polar surface area (TPSA) is 15.3 Å². The highest BCUT2D eigenvalue weighted by Gasteiger charge is 2.25. The molecule has 1 unspecified atom stereocenters. The third kappa shape index (κ3) is 2.12. The van der Waals surface area contributed by atoms with Crippen LogP contribution < -0.4 is 5.32 Å². The van der Waals surface area contributed by atoms with E-state index < -0.39 is 0 Å². The van der Waals surface area contributed by atoms with E-state index in [1.807, 2.05) is 11.9 Å². The second-order valence-corrected chi connectivity index (χ2v) is 6.65. The minimum Gasteiger partial charge on any atom is -0.309 e. The van der Waals surface area contributed by atoms with Crippen molar-refractivity contribution in [3.8, 4) is 0 Å². The average Bonchev–Trinajstić information content (AvgIpc) is 2.45. The Morgan fingerprint density at radius 2 is 2.50 bits per heavy atom. The fraction of sp³-hybridized carbons (Fsp3) is 0.556. The molecule has 0 aromatic carbocycles. The Kier molecular flexibility index (Phi) is 3.44. The molecule has 0 amide bonds. The molecule has 0 fully saturated rings. The maximum Gasteiger partial charge on any atom is 0.0813 e. The number of nitrogens with zero attached hydrogens (tertiary/aromatic N) is 1. The minimum absolute atomic E-state index is 0.471. The van der Waals surface area contributed by atoms with Crippen molar-refractivity contribution in [1.82, 2.24) is 9.62 Å². The van der Waals surface area contributed by atoms with Crippen LogP contribution in [0.25, 0.3) is 0 Å². The lowest BCUT2D eigenvalue weighted by atomic mass is 10.1. The molecule has 0 radical (unpaired) electrons. The molecule has 78 valence electrons. The van der Waals surface area contributed by atoms with E-state index in [0.29, 0.717) is 6.04 Å². The van der Waals surface area contributed by atoms with Gasteiger partial charge in [-0.05, 0) is 37.2 Å². The van der Waals surface area contributed by atoms with Gasteiger partial charge in [0.2, 0.25) is 0 Å². The summed E-state index contributed by atoms with van der Waals surface area (Å²) in [6.07, 6.45) is 0. The molecule has 1 atom stereocenters. The van der Waals surface area contributed by atoms with Crippen molar-refractivity contribution in [3.05, 3.63) is 11.6 Å². The monoisotopic (exact) mass is 246 g/mol. The van der Waals surface area contributed by atoms with Gasteiger partial charge < -0.3 is 5.32 Å². The Bertz CT molecular complexity index is 324. The van der Waals surface area contributed by atoms with Crippen LogP contribution in [0, 0.1) is 0 Å². The molecule has 2 heterocycles. The van der Waals surface area contributed by atoms with E-state index in [1.54, 1.807) is 11.3 Å². The van der Waals surface area contributed by atoms with Gasteiger partial charge in [0.15, 0.2) is 0 Å². The molecular formula is C9H14N2S3. The van der Waals surface area contributed by atoms with Crippen LogP contribution >= 0.6 is 35.9 Å². The number of hydrogen-bond acceptors (Lipinski definition) is 5. The molecule has 1 aromatic heterocycles. The van der Waals surface area contributed by atoms with Crippen molar-refractivity contribution in [3.63, 3.8) is 0 Å². The van der Waals surface area contributed by atoms with Gasteiger partial charge in [0, 0.05) is 12.6 Å². The smallest absolute Gasteiger partial charge is 0.0813 e. The van der Waals surface area contributed by atoms with E-state index in [-0.39, 0.29) is 0 Å². The molecule has 2 nitrogen and oxygen atoms in total. The fourth-order valence-electron chi connectivity index (χ4n) is 1.64. The van der Waals surface area contributed by atoms with E-state index in [2.05, 4.69) is 42.3 Å². The Morgan fingerprint density at radius 1 is 1.71 bits per heavy atom. The first-order valence-electron chi connectivity index (χ1n) is 4.66. The van der Waals surface area contributed by atoms with Crippen LogP contribution in [0.3, 0.4) is 0 Å². The molecule has 0 aliphatic carbocycles. The summed E-state index contributed by atoms with van der Waals surface area (Å²) in [5, 5.41) is 3.50. The highest BCUT2D eigenvalue weighted by Crippen LogP contribution is 2.42. The molecular weight excluding hydrogens is 232 g/mol. The number of hydrogen-bond donors (Lipinski definition) is 2. The SMILES string of the molecule is CCNC1CN(C)Sc2sc(S)cc21. The molecule has 0 saturated carbocycles. The molecule has 1 aliphatic heterocycles. The van der Waals surface area contributed by atoms with Gasteiger partial charge in [-0.2, -0.15) is 0 Å². The number of thiol groups is 1. The lowest BCUT2D eigenvalue weighted by Crippen LogP contribution is -2.32. The van der Waals surface area contributed by atoms with E-state index in [1.165, 1.54) is 9.77 Å². The van der Waals surface area contributed by atoms with Crippen LogP contribution in [0.5, 0.6) is 0 Å². The van der Waals surface area contributed by atoms with Crippen LogP contribution in [0.4, 0.5) is 0 Å². The van der Waals surface area contributed by atoms with Gasteiger partial charge in [0.1, 0.15) is 0 Å². The van der Waals surface area contributed by atoms with Crippen LogP contribution in [0.2, 0.25) is 0 Å². The summed E-state index contributed by atoms with van der Waals surface area (Å²) in [6.45, 7) is 4.23. The molecule has 0 spiro atoms. The maximum atomic E-state index is 4.41. The van der Waals surface area contributed by atoms with E-state index in [0.717, 1.165) is 17.3 Å². The number of rotatable bonds is 2. The maximum absolute atomic E-state index is 4.41. The predicted molar refractivity (Wildman–Crippen MR) is 66.5 cm³/mol. The Hall–Kier alpha value is 0.320. The van der Waals surface area contributed by atoms with Crippen LogP contribution in [0.1, 0.15) is 18.5 Å². The molecule has 1 N–H and O–H groups in total. The van der Waals surface area contributed by atoms with Crippen LogP contribution in [0.15, 0.2) is 14.5 Å². The largest absolute Gasteiger partial charge is 0.309 e. The van der Waals surface area contributed by atoms with Gasteiger partial charge >= 0.3 is 0 Å². The summed E-state index contributed by atoms with van der Waals surface area (Å²) in [6, 6.07) is 2.66. The summed E-state index contributed by atoms with van der Waals surface area (Å²) < 4.78 is 4.77. The second-order valence-electron chi connectivity index (χ2n) is 3.34. The van der Waals surface area contributed by atoms with Crippen LogP contribution in [-0.4, -0.2) is 24.4 Å². The Morgan fingerprint density at radius 3 is 3.21 bits per heavy atom. The third-order valence-corrected chi connectivity index (χ3v) is 4.70. The standard InChI is InChI=1S/C9H14N2S3/c1-3-10-7-5-11(2)14-9-6(7)4-8(12)13-9/h4,7,10,12H,3,5H2,1-2H3. The van der Waals surface area contributed by atoms with Crippen LogP contribution in [-0.2, 0) is 0 Å². The average molecular weight is 246 g/mol. The summed E-state index contributed by atoms with van der Waals surface area (Å²) in [4.78, 5) is 0. The molecule has 1 aliphatic rings. The third-order valence-electron chi connectivity index (χ3n) is 2.22. The number of thiophene rings is 1. The Labute approximate surface area is 98.6 Å². The molecule has 0 saturated heterocycles. The highest BCUT2D eigenvalue weighted by molar-refractivity contribution is 7.99. The van der Waals surface area contributed by atoms with Gasteiger partial charge in [0.05, 0.1) is 8.42 Å². The predicted octanol–water partition coefficient (Wildman–Crippen LogP) is 2.64. The zero-order valence-corrected chi connectivity index (χ0v) is 10.8. The lowest BCUT2D eigenvalue weighted by molar-refractivity contribution is 0.425. The van der Waals surface area contributed by atoms with Gasteiger partial charge in [-0.1, -0.05) is 6.92 Å². The summed E-state index contributed by atoms with van der Waals surface area (Å²) in [7, 11) is 2.13. The zero-order chi connectivity index (χ0) is 10.1. The number of fused-ring (bicyclic) bond motifs is 1. The van der Waals surface area contributed by atoms with Gasteiger partial charge in [0.25, 0.3) is 0 Å².